The minimum atomic E-state index is -0.397. The summed E-state index contributed by atoms with van der Waals surface area (Å²) in [5.74, 6) is 0.447. The van der Waals surface area contributed by atoms with Crippen molar-refractivity contribution in [2.45, 2.75) is 20.4 Å². The van der Waals surface area contributed by atoms with Gasteiger partial charge in [-0.25, -0.2) is 4.98 Å². The van der Waals surface area contributed by atoms with Crippen molar-refractivity contribution in [3.8, 4) is 17.7 Å². The number of amides is 1. The van der Waals surface area contributed by atoms with Crippen LogP contribution >= 0.6 is 0 Å². The van der Waals surface area contributed by atoms with Gasteiger partial charge in [0.05, 0.1) is 18.9 Å². The summed E-state index contributed by atoms with van der Waals surface area (Å²) in [6.07, 6.45) is 0. The molecule has 0 spiro atoms. The number of carbonyl (C=O) groups is 1. The number of anilines is 1. The van der Waals surface area contributed by atoms with Crippen LogP contribution in [0.25, 0.3) is 0 Å². The quantitative estimate of drug-likeness (QED) is 0.800. The molecule has 2 rings (SSSR count). The Balaban J connectivity index is 2.09. The standard InChI is InChI=1S/C18H20N4O3/c1-3-24-13-7-5-12(6-8-13)11-21-17(23)16-9-15(20)14(10-19)18(22-16)25-4-2/h5-9H,3-4,11H2,1-2H3,(H2,20,22)(H,21,23). The number of nitrogen functional groups attached to an aromatic ring is 1. The maximum absolute atomic E-state index is 12.3. The van der Waals surface area contributed by atoms with E-state index in [-0.39, 0.29) is 22.8 Å². The lowest BCUT2D eigenvalue weighted by molar-refractivity contribution is 0.0945. The van der Waals surface area contributed by atoms with Gasteiger partial charge in [-0.2, -0.15) is 5.26 Å². The molecular formula is C18H20N4O3. The van der Waals surface area contributed by atoms with Gasteiger partial charge in [-0.05, 0) is 37.6 Å². The van der Waals surface area contributed by atoms with Crippen LogP contribution < -0.4 is 20.5 Å². The van der Waals surface area contributed by atoms with Crippen LogP contribution in [0.4, 0.5) is 5.69 Å². The van der Waals surface area contributed by atoms with Crippen LogP contribution in [-0.4, -0.2) is 24.1 Å². The Hall–Kier alpha value is -3.27. The van der Waals surface area contributed by atoms with E-state index in [0.29, 0.717) is 19.8 Å². The zero-order chi connectivity index (χ0) is 18.2. The summed E-state index contributed by atoms with van der Waals surface area (Å²) < 4.78 is 10.7. The maximum Gasteiger partial charge on any atom is 0.270 e. The molecule has 0 radical (unpaired) electrons. The predicted molar refractivity (Wildman–Crippen MR) is 93.3 cm³/mol. The Morgan fingerprint density at radius 2 is 1.92 bits per heavy atom. The average Bonchev–Trinajstić information content (AvgIpc) is 2.61. The fourth-order valence-electron chi connectivity index (χ4n) is 2.15. The summed E-state index contributed by atoms with van der Waals surface area (Å²) in [4.78, 5) is 16.4. The van der Waals surface area contributed by atoms with Crippen LogP contribution in [0, 0.1) is 11.3 Å². The van der Waals surface area contributed by atoms with E-state index in [4.69, 9.17) is 20.5 Å². The predicted octanol–water partition coefficient (Wildman–Crippen LogP) is 2.26. The van der Waals surface area contributed by atoms with Gasteiger partial charge >= 0.3 is 0 Å². The lowest BCUT2D eigenvalue weighted by Gasteiger charge is -2.10. The van der Waals surface area contributed by atoms with Crippen LogP contribution in [-0.2, 0) is 6.54 Å². The second-order valence-corrected chi connectivity index (χ2v) is 5.08. The number of rotatable bonds is 7. The number of aromatic nitrogens is 1. The summed E-state index contributed by atoms with van der Waals surface area (Å²) in [5.41, 5.74) is 7.13. The Kier molecular flexibility index (Phi) is 6.18. The van der Waals surface area contributed by atoms with Crippen molar-refractivity contribution in [3.05, 3.63) is 47.2 Å². The molecular weight excluding hydrogens is 320 g/mol. The van der Waals surface area contributed by atoms with Crippen molar-refractivity contribution < 1.29 is 14.3 Å². The van der Waals surface area contributed by atoms with E-state index >= 15 is 0 Å². The van der Waals surface area contributed by atoms with Crippen LogP contribution in [0.1, 0.15) is 35.5 Å². The highest BCUT2D eigenvalue weighted by Crippen LogP contribution is 2.22. The number of hydrogen-bond acceptors (Lipinski definition) is 6. The van der Waals surface area contributed by atoms with Gasteiger partial charge in [0.2, 0.25) is 5.88 Å². The van der Waals surface area contributed by atoms with Gasteiger partial charge in [-0.15, -0.1) is 0 Å². The third-order valence-electron chi connectivity index (χ3n) is 3.33. The SMILES string of the molecule is CCOc1ccc(CNC(=O)c2cc(N)c(C#N)c(OCC)n2)cc1. The smallest absolute Gasteiger partial charge is 0.270 e. The summed E-state index contributed by atoms with van der Waals surface area (Å²) >= 11 is 0. The molecule has 0 saturated carbocycles. The minimum Gasteiger partial charge on any atom is -0.494 e. The highest BCUT2D eigenvalue weighted by Gasteiger charge is 2.16. The molecule has 0 fully saturated rings. The molecule has 7 heteroatoms. The van der Waals surface area contributed by atoms with Crippen LogP contribution in [0.3, 0.4) is 0 Å². The molecule has 130 valence electrons. The number of nitrogens with one attached hydrogen (secondary N) is 1. The largest absolute Gasteiger partial charge is 0.494 e. The molecule has 25 heavy (non-hydrogen) atoms. The monoisotopic (exact) mass is 340 g/mol. The van der Waals surface area contributed by atoms with E-state index in [0.717, 1.165) is 11.3 Å². The molecule has 0 aliphatic carbocycles. The van der Waals surface area contributed by atoms with Crippen molar-refractivity contribution in [1.29, 1.82) is 5.26 Å². The highest BCUT2D eigenvalue weighted by atomic mass is 16.5. The van der Waals surface area contributed by atoms with Crippen molar-refractivity contribution in [2.75, 3.05) is 18.9 Å². The Morgan fingerprint density at radius 1 is 1.24 bits per heavy atom. The lowest BCUT2D eigenvalue weighted by atomic mass is 10.2. The summed E-state index contributed by atoms with van der Waals surface area (Å²) in [7, 11) is 0. The Bertz CT molecular complexity index is 782. The average molecular weight is 340 g/mol. The number of nitrogens with two attached hydrogens (primary N) is 1. The first kappa shape index (κ1) is 18.1. The third-order valence-corrected chi connectivity index (χ3v) is 3.33. The van der Waals surface area contributed by atoms with Gasteiger partial charge in [0, 0.05) is 6.54 Å². The molecule has 0 unspecified atom stereocenters. The summed E-state index contributed by atoms with van der Waals surface area (Å²) in [5, 5.41) is 11.9. The molecule has 0 saturated heterocycles. The second kappa shape index (κ2) is 8.55. The number of carbonyl (C=O) groups excluding carboxylic acids is 1. The Labute approximate surface area is 146 Å². The zero-order valence-corrected chi connectivity index (χ0v) is 14.2. The van der Waals surface area contributed by atoms with Gasteiger partial charge in [-0.1, -0.05) is 12.1 Å². The minimum absolute atomic E-state index is 0.0659. The van der Waals surface area contributed by atoms with Gasteiger partial charge in [0.15, 0.2) is 0 Å². The van der Waals surface area contributed by atoms with Crippen LogP contribution in [0.15, 0.2) is 30.3 Å². The van der Waals surface area contributed by atoms with Gasteiger partial charge in [0.25, 0.3) is 5.91 Å². The molecule has 2 aromatic rings. The van der Waals surface area contributed by atoms with Gasteiger partial charge < -0.3 is 20.5 Å². The van der Waals surface area contributed by atoms with Crippen molar-refractivity contribution >= 4 is 11.6 Å². The number of benzene rings is 1. The fourth-order valence-corrected chi connectivity index (χ4v) is 2.15. The van der Waals surface area contributed by atoms with Gasteiger partial charge in [-0.3, -0.25) is 4.79 Å². The molecule has 0 atom stereocenters. The Morgan fingerprint density at radius 3 is 2.52 bits per heavy atom. The third kappa shape index (κ3) is 4.61. The zero-order valence-electron chi connectivity index (χ0n) is 14.2. The van der Waals surface area contributed by atoms with E-state index in [9.17, 15) is 4.79 Å². The number of hydrogen-bond donors (Lipinski definition) is 2. The lowest BCUT2D eigenvalue weighted by Crippen LogP contribution is -2.24. The van der Waals surface area contributed by atoms with E-state index in [1.54, 1.807) is 6.92 Å². The molecule has 0 aliphatic heterocycles. The molecule has 1 heterocycles. The van der Waals surface area contributed by atoms with E-state index in [1.165, 1.54) is 6.07 Å². The molecule has 0 bridgehead atoms. The number of nitrogens with zero attached hydrogens (tertiary/aromatic N) is 2. The first-order chi connectivity index (χ1) is 12.1. The molecule has 1 aromatic carbocycles. The number of ether oxygens (including phenoxy) is 2. The van der Waals surface area contributed by atoms with E-state index < -0.39 is 5.91 Å². The normalized spacial score (nSPS) is 9.96. The van der Waals surface area contributed by atoms with E-state index in [2.05, 4.69) is 10.3 Å². The molecule has 1 aromatic heterocycles. The van der Waals surface area contributed by atoms with Crippen molar-refractivity contribution in [3.63, 3.8) is 0 Å². The highest BCUT2D eigenvalue weighted by molar-refractivity contribution is 5.93. The molecule has 1 amide bonds. The molecule has 3 N–H and O–H groups in total. The van der Waals surface area contributed by atoms with Gasteiger partial charge in [0.1, 0.15) is 23.1 Å². The molecule has 7 nitrogen and oxygen atoms in total. The van der Waals surface area contributed by atoms with Crippen molar-refractivity contribution in [1.82, 2.24) is 10.3 Å². The van der Waals surface area contributed by atoms with Crippen LogP contribution in [0.2, 0.25) is 0 Å². The topological polar surface area (TPSA) is 110 Å². The first-order valence-corrected chi connectivity index (χ1v) is 7.92. The summed E-state index contributed by atoms with van der Waals surface area (Å²) in [6, 6.07) is 10.7. The summed E-state index contributed by atoms with van der Waals surface area (Å²) in [6.45, 7) is 4.93. The molecule has 0 aliphatic rings. The van der Waals surface area contributed by atoms with E-state index in [1.807, 2.05) is 37.3 Å². The van der Waals surface area contributed by atoms with Crippen molar-refractivity contribution in [2.24, 2.45) is 0 Å². The first-order valence-electron chi connectivity index (χ1n) is 7.92. The second-order valence-electron chi connectivity index (χ2n) is 5.08. The number of pyridine rings is 1. The number of nitriles is 1. The maximum atomic E-state index is 12.3. The fraction of sp³-hybridized carbons (Fsp3) is 0.278. The van der Waals surface area contributed by atoms with Crippen LogP contribution in [0.5, 0.6) is 11.6 Å².